The standard InChI is InChI=1S/C22H27ClN4O/c1-24-22(25-13-12-17-7-2-3-11-20(17)23)26-15-16-6-4-10-19(14-16)27-21(28)18-8-5-9-18/h2-4,6-7,10-11,14,18H,5,8-9,12-13,15H2,1H3,(H,27,28)(H2,24,25,26). The first-order valence-corrected chi connectivity index (χ1v) is 10.1. The van der Waals surface area contributed by atoms with E-state index in [-0.39, 0.29) is 11.8 Å². The summed E-state index contributed by atoms with van der Waals surface area (Å²) >= 11 is 6.19. The SMILES string of the molecule is CN=C(NCCc1ccccc1Cl)NCc1cccc(NC(=O)C2CCC2)c1. The van der Waals surface area contributed by atoms with Crippen molar-refractivity contribution in [3.8, 4) is 0 Å². The third-order valence-electron chi connectivity index (χ3n) is 5.00. The fourth-order valence-electron chi connectivity index (χ4n) is 3.10. The molecule has 0 radical (unpaired) electrons. The van der Waals surface area contributed by atoms with Crippen LogP contribution in [0.1, 0.15) is 30.4 Å². The number of amides is 1. The van der Waals surface area contributed by atoms with Crippen LogP contribution in [0.2, 0.25) is 5.02 Å². The van der Waals surface area contributed by atoms with Gasteiger partial charge in [0.05, 0.1) is 0 Å². The molecule has 3 rings (SSSR count). The minimum atomic E-state index is 0.133. The van der Waals surface area contributed by atoms with Crippen molar-refractivity contribution in [3.63, 3.8) is 0 Å². The first-order valence-electron chi connectivity index (χ1n) is 9.73. The van der Waals surface area contributed by atoms with Crippen LogP contribution >= 0.6 is 11.6 Å². The lowest BCUT2D eigenvalue weighted by atomic mass is 9.85. The maximum Gasteiger partial charge on any atom is 0.227 e. The molecular formula is C22H27ClN4O. The van der Waals surface area contributed by atoms with Crippen molar-refractivity contribution in [2.24, 2.45) is 10.9 Å². The predicted octanol–water partition coefficient (Wildman–Crippen LogP) is 3.99. The zero-order valence-corrected chi connectivity index (χ0v) is 16.9. The Labute approximate surface area is 171 Å². The first-order chi connectivity index (χ1) is 13.7. The van der Waals surface area contributed by atoms with Crippen molar-refractivity contribution in [1.29, 1.82) is 0 Å². The van der Waals surface area contributed by atoms with Gasteiger partial charge in [0, 0.05) is 36.8 Å². The number of aliphatic imine (C=N–C) groups is 1. The molecular weight excluding hydrogens is 372 g/mol. The third kappa shape index (κ3) is 5.73. The summed E-state index contributed by atoms with van der Waals surface area (Å²) in [4.78, 5) is 16.4. The van der Waals surface area contributed by atoms with Gasteiger partial charge in [-0.15, -0.1) is 0 Å². The number of hydrogen-bond donors (Lipinski definition) is 3. The van der Waals surface area contributed by atoms with Crippen molar-refractivity contribution in [2.75, 3.05) is 18.9 Å². The Morgan fingerprint density at radius 3 is 2.68 bits per heavy atom. The predicted molar refractivity (Wildman–Crippen MR) is 116 cm³/mol. The molecule has 6 heteroatoms. The number of rotatable bonds is 7. The van der Waals surface area contributed by atoms with Gasteiger partial charge in [0.1, 0.15) is 0 Å². The van der Waals surface area contributed by atoms with Gasteiger partial charge in [0.2, 0.25) is 5.91 Å². The smallest absolute Gasteiger partial charge is 0.227 e. The minimum absolute atomic E-state index is 0.133. The summed E-state index contributed by atoms with van der Waals surface area (Å²) < 4.78 is 0. The van der Waals surface area contributed by atoms with Gasteiger partial charge < -0.3 is 16.0 Å². The summed E-state index contributed by atoms with van der Waals surface area (Å²) in [6.07, 6.45) is 3.99. The Morgan fingerprint density at radius 1 is 1.14 bits per heavy atom. The molecule has 2 aromatic rings. The molecule has 1 amide bonds. The molecule has 1 saturated carbocycles. The highest BCUT2D eigenvalue weighted by Gasteiger charge is 2.25. The van der Waals surface area contributed by atoms with Gasteiger partial charge in [0.15, 0.2) is 5.96 Å². The van der Waals surface area contributed by atoms with E-state index in [9.17, 15) is 4.79 Å². The number of anilines is 1. The number of hydrogen-bond acceptors (Lipinski definition) is 2. The van der Waals surface area contributed by atoms with Crippen molar-refractivity contribution in [2.45, 2.75) is 32.2 Å². The third-order valence-corrected chi connectivity index (χ3v) is 5.37. The Balaban J connectivity index is 1.46. The number of nitrogens with one attached hydrogen (secondary N) is 3. The summed E-state index contributed by atoms with van der Waals surface area (Å²) in [6.45, 7) is 1.36. The highest BCUT2D eigenvalue weighted by Crippen LogP contribution is 2.27. The molecule has 0 saturated heterocycles. The Hall–Kier alpha value is -2.53. The summed E-state index contributed by atoms with van der Waals surface area (Å²) in [7, 11) is 1.75. The van der Waals surface area contributed by atoms with E-state index >= 15 is 0 Å². The van der Waals surface area contributed by atoms with Crippen LogP contribution in [-0.2, 0) is 17.8 Å². The first kappa shape index (κ1) is 20.2. The van der Waals surface area contributed by atoms with Crippen LogP contribution in [-0.4, -0.2) is 25.5 Å². The lowest BCUT2D eigenvalue weighted by molar-refractivity contribution is -0.122. The summed E-state index contributed by atoms with van der Waals surface area (Å²) in [5, 5.41) is 10.4. The Bertz CT molecular complexity index is 833. The molecule has 0 aromatic heterocycles. The highest BCUT2D eigenvalue weighted by atomic mass is 35.5. The number of carbonyl (C=O) groups excluding carboxylic acids is 1. The van der Waals surface area contributed by atoms with Crippen LogP contribution in [0.4, 0.5) is 5.69 Å². The maximum absolute atomic E-state index is 12.1. The molecule has 28 heavy (non-hydrogen) atoms. The van der Waals surface area contributed by atoms with E-state index in [4.69, 9.17) is 11.6 Å². The molecule has 5 nitrogen and oxygen atoms in total. The van der Waals surface area contributed by atoms with E-state index in [0.717, 1.165) is 60.0 Å². The van der Waals surface area contributed by atoms with Gasteiger partial charge in [-0.25, -0.2) is 0 Å². The van der Waals surface area contributed by atoms with Crippen LogP contribution in [0.3, 0.4) is 0 Å². The van der Waals surface area contributed by atoms with Gasteiger partial charge in [-0.1, -0.05) is 48.4 Å². The zero-order chi connectivity index (χ0) is 19.8. The van der Waals surface area contributed by atoms with E-state index in [0.29, 0.717) is 6.54 Å². The summed E-state index contributed by atoms with van der Waals surface area (Å²) in [5.41, 5.74) is 3.04. The van der Waals surface area contributed by atoms with Crippen LogP contribution in [0.5, 0.6) is 0 Å². The monoisotopic (exact) mass is 398 g/mol. The van der Waals surface area contributed by atoms with Gasteiger partial charge in [-0.2, -0.15) is 0 Å². The molecule has 0 unspecified atom stereocenters. The quantitative estimate of drug-likeness (QED) is 0.488. The second-order valence-corrected chi connectivity index (χ2v) is 7.42. The molecule has 2 aromatic carbocycles. The number of guanidine groups is 1. The average molecular weight is 399 g/mol. The molecule has 148 valence electrons. The topological polar surface area (TPSA) is 65.5 Å². The zero-order valence-electron chi connectivity index (χ0n) is 16.2. The molecule has 1 aliphatic carbocycles. The molecule has 0 heterocycles. The number of benzene rings is 2. The number of nitrogens with zero attached hydrogens (tertiary/aromatic N) is 1. The van der Waals surface area contributed by atoms with E-state index in [1.54, 1.807) is 7.05 Å². The van der Waals surface area contributed by atoms with Crippen molar-refractivity contribution < 1.29 is 4.79 Å². The fraction of sp³-hybridized carbons (Fsp3) is 0.364. The van der Waals surface area contributed by atoms with Crippen LogP contribution in [0.15, 0.2) is 53.5 Å². The minimum Gasteiger partial charge on any atom is -0.356 e. The molecule has 0 spiro atoms. The molecule has 0 atom stereocenters. The van der Waals surface area contributed by atoms with Gasteiger partial charge in [0.25, 0.3) is 0 Å². The molecule has 0 aliphatic heterocycles. The largest absolute Gasteiger partial charge is 0.356 e. The Morgan fingerprint density at radius 2 is 1.96 bits per heavy atom. The van der Waals surface area contributed by atoms with Gasteiger partial charge >= 0.3 is 0 Å². The Kier molecular flexibility index (Phi) is 7.31. The van der Waals surface area contributed by atoms with E-state index in [1.807, 2.05) is 48.5 Å². The number of halogens is 1. The molecule has 0 bridgehead atoms. The second-order valence-electron chi connectivity index (χ2n) is 7.01. The van der Waals surface area contributed by atoms with Crippen LogP contribution in [0.25, 0.3) is 0 Å². The van der Waals surface area contributed by atoms with Crippen molar-refractivity contribution in [3.05, 3.63) is 64.7 Å². The van der Waals surface area contributed by atoms with Gasteiger partial charge in [-0.3, -0.25) is 9.79 Å². The lowest BCUT2D eigenvalue weighted by Gasteiger charge is -2.24. The second kappa shape index (κ2) is 10.1. The molecule has 1 aliphatic rings. The van der Waals surface area contributed by atoms with Crippen molar-refractivity contribution >= 4 is 29.2 Å². The normalized spacial score (nSPS) is 14.3. The van der Waals surface area contributed by atoms with E-state index in [2.05, 4.69) is 20.9 Å². The number of carbonyl (C=O) groups is 1. The maximum atomic E-state index is 12.1. The van der Waals surface area contributed by atoms with Gasteiger partial charge in [-0.05, 0) is 48.6 Å². The van der Waals surface area contributed by atoms with E-state index in [1.165, 1.54) is 0 Å². The molecule has 3 N–H and O–H groups in total. The lowest BCUT2D eigenvalue weighted by Crippen LogP contribution is -2.37. The summed E-state index contributed by atoms with van der Waals surface area (Å²) in [6, 6.07) is 15.8. The van der Waals surface area contributed by atoms with Crippen molar-refractivity contribution in [1.82, 2.24) is 10.6 Å². The fourth-order valence-corrected chi connectivity index (χ4v) is 3.33. The van der Waals surface area contributed by atoms with Crippen LogP contribution < -0.4 is 16.0 Å². The summed E-state index contributed by atoms with van der Waals surface area (Å²) in [5.74, 6) is 1.05. The average Bonchev–Trinajstić information content (AvgIpc) is 2.64. The highest BCUT2D eigenvalue weighted by molar-refractivity contribution is 6.31. The van der Waals surface area contributed by atoms with Crippen LogP contribution in [0, 0.1) is 5.92 Å². The van der Waals surface area contributed by atoms with E-state index < -0.39 is 0 Å². The molecule has 1 fully saturated rings.